The van der Waals surface area contributed by atoms with Gasteiger partial charge in [0.1, 0.15) is 11.9 Å². The predicted molar refractivity (Wildman–Crippen MR) is 116 cm³/mol. The highest BCUT2D eigenvalue weighted by atomic mass is 16.5. The zero-order chi connectivity index (χ0) is 21.1. The lowest BCUT2D eigenvalue weighted by Gasteiger charge is -2.39. The lowest BCUT2D eigenvalue weighted by molar-refractivity contribution is -0.135. The van der Waals surface area contributed by atoms with Gasteiger partial charge in [-0.25, -0.2) is 0 Å². The number of carbonyl (C=O) groups excluding carboxylic acids is 1. The molecule has 1 aromatic heterocycles. The number of nitriles is 1. The Kier molecular flexibility index (Phi) is 5.27. The fraction of sp³-hybridized carbons (Fsp3) is 0.167. The van der Waals surface area contributed by atoms with E-state index in [1.165, 1.54) is 0 Å². The minimum Gasteiger partial charge on any atom is -0.810 e. The summed E-state index contributed by atoms with van der Waals surface area (Å²) in [6.45, 7) is 2.60. The van der Waals surface area contributed by atoms with Gasteiger partial charge in [-0.3, -0.25) is 9.78 Å². The molecule has 0 bridgehead atoms. The van der Waals surface area contributed by atoms with Crippen LogP contribution in [0, 0.1) is 11.3 Å². The molecule has 6 nitrogen and oxygen atoms in total. The maximum Gasteiger partial charge on any atom is 0.251 e. The second-order valence-corrected chi connectivity index (χ2v) is 7.09. The second-order valence-electron chi connectivity index (χ2n) is 7.09. The van der Waals surface area contributed by atoms with Crippen LogP contribution in [0.1, 0.15) is 12.5 Å². The fourth-order valence-corrected chi connectivity index (χ4v) is 3.49. The molecule has 1 fully saturated rings. The number of amides is 1. The van der Waals surface area contributed by atoms with E-state index in [0.29, 0.717) is 24.4 Å². The molecule has 0 N–H and O–H groups in total. The molecule has 0 aliphatic carbocycles. The molecule has 0 spiro atoms. The van der Waals surface area contributed by atoms with Gasteiger partial charge in [0.15, 0.2) is 0 Å². The van der Waals surface area contributed by atoms with Gasteiger partial charge in [0.05, 0.1) is 24.7 Å². The number of allylic oxidation sites excluding steroid dienone is 1. The van der Waals surface area contributed by atoms with Gasteiger partial charge in [0.2, 0.25) is 0 Å². The van der Waals surface area contributed by atoms with Crippen molar-refractivity contribution in [2.24, 2.45) is 0 Å². The number of nitrogens with zero attached hydrogens (tertiary/aromatic N) is 4. The van der Waals surface area contributed by atoms with E-state index in [4.69, 9.17) is 10.1 Å². The first kappa shape index (κ1) is 19.3. The molecule has 1 aliphatic rings. The highest BCUT2D eigenvalue weighted by Crippen LogP contribution is 2.34. The Morgan fingerprint density at radius 3 is 2.83 bits per heavy atom. The molecule has 2 heterocycles. The Labute approximate surface area is 174 Å². The number of benzene rings is 2. The van der Waals surface area contributed by atoms with Crippen LogP contribution in [0.5, 0.6) is 5.75 Å². The van der Waals surface area contributed by atoms with Crippen molar-refractivity contribution in [2.75, 3.05) is 13.1 Å². The smallest absolute Gasteiger partial charge is 0.251 e. The molecule has 30 heavy (non-hydrogen) atoms. The molecule has 6 heteroatoms. The average Bonchev–Trinajstić information content (AvgIpc) is 2.76. The monoisotopic (exact) mass is 395 g/mol. The summed E-state index contributed by atoms with van der Waals surface area (Å²) in [7, 11) is 0. The summed E-state index contributed by atoms with van der Waals surface area (Å²) in [5.41, 5.74) is 2.74. The number of hydrogen-bond donors (Lipinski definition) is 0. The number of rotatable bonds is 5. The maximum atomic E-state index is 12.3. The van der Waals surface area contributed by atoms with Gasteiger partial charge in [-0.15, -0.1) is 0 Å². The van der Waals surface area contributed by atoms with Crippen molar-refractivity contribution in [3.8, 4) is 22.9 Å². The lowest BCUT2D eigenvalue weighted by atomic mass is 10.00. The Morgan fingerprint density at radius 2 is 2.10 bits per heavy atom. The number of fused-ring (bicyclic) bond motifs is 1. The Bertz CT molecular complexity index is 1200. The van der Waals surface area contributed by atoms with Crippen molar-refractivity contribution in [3.05, 3.63) is 77.5 Å². The number of likely N-dealkylation sites (tertiary alicyclic amines) is 1. The third-order valence-corrected chi connectivity index (χ3v) is 5.17. The number of pyridine rings is 1. The molecule has 2 aromatic carbocycles. The van der Waals surface area contributed by atoms with Gasteiger partial charge in [0.25, 0.3) is 5.91 Å². The summed E-state index contributed by atoms with van der Waals surface area (Å²) < 4.78 is 6.22. The van der Waals surface area contributed by atoms with E-state index < -0.39 is 0 Å². The van der Waals surface area contributed by atoms with Gasteiger partial charge in [-0.2, -0.15) is 11.5 Å². The molecule has 1 saturated heterocycles. The SMILES string of the molecule is C/C=C(\C=[N-])C(=O)N1CC(Oc2cc(-c3cccc(C#N)c3)cc3ccncc23)C1. The summed E-state index contributed by atoms with van der Waals surface area (Å²) in [5.74, 6) is 0.475. The van der Waals surface area contributed by atoms with Gasteiger partial charge in [0, 0.05) is 23.4 Å². The normalized spacial score (nSPS) is 14.1. The van der Waals surface area contributed by atoms with Crippen molar-refractivity contribution in [3.63, 3.8) is 0 Å². The van der Waals surface area contributed by atoms with Crippen LogP contribution in [-0.2, 0) is 4.79 Å². The Morgan fingerprint density at radius 1 is 1.27 bits per heavy atom. The summed E-state index contributed by atoms with van der Waals surface area (Å²) in [6, 6.07) is 15.5. The molecular formula is C24H19N4O2-. The van der Waals surface area contributed by atoms with Gasteiger partial charge in [-0.1, -0.05) is 18.2 Å². The standard InChI is InChI=1S/C24H19N4O2/c1-2-17(12-26)24(29)28-14-21(15-28)30-23-10-20(9-19-6-7-27-13-22(19)23)18-5-3-4-16(8-18)11-25/h2-10,12-13,21H,14-15H2,1H3/q-1/b17-2+. The van der Waals surface area contributed by atoms with Crippen LogP contribution < -0.4 is 4.74 Å². The molecule has 0 atom stereocenters. The van der Waals surface area contributed by atoms with Crippen molar-refractivity contribution in [1.29, 1.82) is 5.26 Å². The van der Waals surface area contributed by atoms with Crippen molar-refractivity contribution in [2.45, 2.75) is 13.0 Å². The minimum absolute atomic E-state index is 0.144. The summed E-state index contributed by atoms with van der Waals surface area (Å²) >= 11 is 0. The molecule has 1 amide bonds. The molecular weight excluding hydrogens is 376 g/mol. The van der Waals surface area contributed by atoms with E-state index in [-0.39, 0.29) is 17.6 Å². The number of carbonyl (C=O) groups is 1. The van der Waals surface area contributed by atoms with Gasteiger partial charge in [-0.05, 0) is 53.8 Å². The third-order valence-electron chi connectivity index (χ3n) is 5.17. The average molecular weight is 395 g/mol. The fourth-order valence-electron chi connectivity index (χ4n) is 3.49. The van der Waals surface area contributed by atoms with Crippen LogP contribution in [0.15, 0.2) is 66.5 Å². The predicted octanol–water partition coefficient (Wildman–Crippen LogP) is 3.95. The first-order valence-corrected chi connectivity index (χ1v) is 9.61. The van der Waals surface area contributed by atoms with Crippen molar-refractivity contribution >= 4 is 22.9 Å². The van der Waals surface area contributed by atoms with Gasteiger partial charge >= 0.3 is 0 Å². The van der Waals surface area contributed by atoms with Crippen molar-refractivity contribution < 1.29 is 9.53 Å². The van der Waals surface area contributed by atoms with Crippen LogP contribution in [0.4, 0.5) is 0 Å². The van der Waals surface area contributed by atoms with E-state index in [1.807, 2.05) is 36.4 Å². The highest BCUT2D eigenvalue weighted by molar-refractivity contribution is 6.13. The summed E-state index contributed by atoms with van der Waals surface area (Å²) in [5, 5.41) is 20.2. The third kappa shape index (κ3) is 3.65. The minimum atomic E-state index is -0.214. The molecule has 0 unspecified atom stereocenters. The van der Waals surface area contributed by atoms with Gasteiger partial charge < -0.3 is 15.0 Å². The second kappa shape index (κ2) is 8.18. The van der Waals surface area contributed by atoms with Crippen LogP contribution in [0.25, 0.3) is 27.3 Å². The maximum absolute atomic E-state index is 12.3. The van der Waals surface area contributed by atoms with E-state index >= 15 is 0 Å². The van der Waals surface area contributed by atoms with E-state index in [0.717, 1.165) is 28.1 Å². The number of ether oxygens (including phenoxy) is 1. The highest BCUT2D eigenvalue weighted by Gasteiger charge is 2.33. The summed E-state index contributed by atoms with van der Waals surface area (Å²) in [6.07, 6.45) is 5.76. The Balaban J connectivity index is 1.61. The van der Waals surface area contributed by atoms with Crippen LogP contribution in [0.3, 0.4) is 0 Å². The zero-order valence-corrected chi connectivity index (χ0v) is 16.4. The van der Waals surface area contributed by atoms with E-state index in [1.54, 1.807) is 36.4 Å². The van der Waals surface area contributed by atoms with Crippen LogP contribution in [0.2, 0.25) is 0 Å². The lowest BCUT2D eigenvalue weighted by Crippen LogP contribution is -2.56. The largest absolute Gasteiger partial charge is 0.810 e. The quantitative estimate of drug-likeness (QED) is 0.483. The van der Waals surface area contributed by atoms with Crippen molar-refractivity contribution in [1.82, 2.24) is 9.88 Å². The first-order chi connectivity index (χ1) is 14.6. The molecule has 4 rings (SSSR count). The molecule has 0 radical (unpaired) electrons. The van der Waals surface area contributed by atoms with E-state index in [2.05, 4.69) is 11.1 Å². The van der Waals surface area contributed by atoms with Crippen LogP contribution >= 0.6 is 0 Å². The molecule has 0 saturated carbocycles. The zero-order valence-electron chi connectivity index (χ0n) is 16.4. The number of hydrogen-bond acceptors (Lipinski definition) is 4. The molecule has 148 valence electrons. The molecule has 1 aliphatic heterocycles. The summed E-state index contributed by atoms with van der Waals surface area (Å²) in [4.78, 5) is 18.1. The molecule has 3 aromatic rings. The first-order valence-electron chi connectivity index (χ1n) is 9.61. The van der Waals surface area contributed by atoms with Crippen LogP contribution in [-0.4, -0.2) is 41.2 Å². The Hall–Kier alpha value is -3.98. The van der Waals surface area contributed by atoms with E-state index in [9.17, 15) is 10.1 Å². The topological polar surface area (TPSA) is 88.5 Å². The number of aromatic nitrogens is 1.